The minimum absolute atomic E-state index is 0.318. The van der Waals surface area contributed by atoms with E-state index in [0.29, 0.717) is 35.9 Å². The molecule has 154 valence electrons. The molecule has 30 heavy (non-hydrogen) atoms. The van der Waals surface area contributed by atoms with Gasteiger partial charge in [0.2, 0.25) is 0 Å². The number of benzene rings is 1. The number of rotatable bonds is 3. The molecule has 0 atom stereocenters. The van der Waals surface area contributed by atoms with Crippen molar-refractivity contribution < 1.29 is 17.9 Å². The molecule has 0 amide bonds. The van der Waals surface area contributed by atoms with Crippen LogP contribution in [0.5, 0.6) is 5.75 Å². The molecule has 4 aromatic rings. The molecule has 1 aliphatic rings. The lowest BCUT2D eigenvalue weighted by Gasteiger charge is -2.13. The Bertz CT molecular complexity index is 1250. The number of aromatic amines is 1. The molecule has 1 aromatic carbocycles. The first-order valence-corrected chi connectivity index (χ1v) is 9.15. The van der Waals surface area contributed by atoms with E-state index in [0.717, 1.165) is 22.8 Å². The summed E-state index contributed by atoms with van der Waals surface area (Å²) >= 11 is 0. The third kappa shape index (κ3) is 3.21. The zero-order valence-electron chi connectivity index (χ0n) is 16.0. The van der Waals surface area contributed by atoms with E-state index in [2.05, 4.69) is 30.0 Å². The molecule has 0 saturated heterocycles. The first-order valence-electron chi connectivity index (χ1n) is 9.15. The number of aryl methyl sites for hydroxylation is 2. The van der Waals surface area contributed by atoms with Gasteiger partial charge in [-0.1, -0.05) is 0 Å². The van der Waals surface area contributed by atoms with E-state index in [4.69, 9.17) is 0 Å². The molecule has 5 rings (SSSR count). The van der Waals surface area contributed by atoms with Crippen molar-refractivity contribution in [1.82, 2.24) is 34.5 Å². The van der Waals surface area contributed by atoms with Crippen LogP contribution in [0.2, 0.25) is 0 Å². The van der Waals surface area contributed by atoms with E-state index in [9.17, 15) is 13.2 Å². The van der Waals surface area contributed by atoms with Gasteiger partial charge in [0, 0.05) is 11.3 Å². The topological polar surface area (TPSA) is 86.4 Å². The van der Waals surface area contributed by atoms with Crippen molar-refractivity contribution in [2.45, 2.75) is 33.2 Å². The minimum Gasteiger partial charge on any atom is -0.406 e. The maximum absolute atomic E-state index is 12.8. The number of imidazole rings is 1. The van der Waals surface area contributed by atoms with Crippen LogP contribution >= 0.6 is 0 Å². The maximum Gasteiger partial charge on any atom is 0.573 e. The summed E-state index contributed by atoms with van der Waals surface area (Å²) in [5, 5.41) is 11.6. The molecule has 1 aliphatic heterocycles. The molecule has 0 aliphatic carbocycles. The Kier molecular flexibility index (Phi) is 3.95. The van der Waals surface area contributed by atoms with Crippen LogP contribution in [-0.4, -0.2) is 40.9 Å². The van der Waals surface area contributed by atoms with Crippen molar-refractivity contribution in [3.63, 3.8) is 0 Å². The fourth-order valence-electron chi connectivity index (χ4n) is 3.62. The summed E-state index contributed by atoms with van der Waals surface area (Å²) in [6.07, 6.45) is -2.71. The average molecular weight is 415 g/mol. The number of nitrogens with zero attached hydrogens (tertiary/aromatic N) is 6. The SMILES string of the molecule is Cc1cc(Cc2nc3n(n2)Cc2c(C)ncn2-c2ccc(OC(F)(F)F)cc2-3)[nH]n1. The van der Waals surface area contributed by atoms with E-state index in [1.165, 1.54) is 12.1 Å². The van der Waals surface area contributed by atoms with Gasteiger partial charge in [0.25, 0.3) is 0 Å². The van der Waals surface area contributed by atoms with Crippen molar-refractivity contribution in [1.29, 1.82) is 0 Å². The van der Waals surface area contributed by atoms with Crippen LogP contribution in [-0.2, 0) is 13.0 Å². The summed E-state index contributed by atoms with van der Waals surface area (Å²) in [6, 6.07) is 6.08. The van der Waals surface area contributed by atoms with Gasteiger partial charge in [-0.05, 0) is 38.1 Å². The lowest BCUT2D eigenvalue weighted by molar-refractivity contribution is -0.274. The normalized spacial score (nSPS) is 12.8. The summed E-state index contributed by atoms with van der Waals surface area (Å²) in [5.74, 6) is 0.682. The van der Waals surface area contributed by atoms with E-state index >= 15 is 0 Å². The summed E-state index contributed by atoms with van der Waals surface area (Å²) < 4.78 is 45.9. The molecular formula is C19H16F3N7O. The van der Waals surface area contributed by atoms with E-state index in [-0.39, 0.29) is 5.75 Å². The summed E-state index contributed by atoms with van der Waals surface area (Å²) in [6.45, 7) is 4.14. The smallest absolute Gasteiger partial charge is 0.406 e. The second kappa shape index (κ2) is 6.44. The predicted octanol–water partition coefficient (Wildman–Crippen LogP) is 3.32. The van der Waals surface area contributed by atoms with Gasteiger partial charge < -0.3 is 9.30 Å². The van der Waals surface area contributed by atoms with Gasteiger partial charge in [-0.25, -0.2) is 14.6 Å². The average Bonchev–Trinajstić information content (AvgIpc) is 3.33. The zero-order chi connectivity index (χ0) is 21.0. The lowest BCUT2D eigenvalue weighted by atomic mass is 10.1. The molecule has 3 aromatic heterocycles. The molecule has 0 radical (unpaired) electrons. The van der Waals surface area contributed by atoms with Gasteiger partial charge in [-0.15, -0.1) is 13.2 Å². The maximum atomic E-state index is 12.8. The van der Waals surface area contributed by atoms with E-state index in [1.807, 2.05) is 24.5 Å². The van der Waals surface area contributed by atoms with Gasteiger partial charge in [0.05, 0.1) is 42.1 Å². The number of nitrogens with one attached hydrogen (secondary N) is 1. The van der Waals surface area contributed by atoms with Gasteiger partial charge in [-0.3, -0.25) is 5.10 Å². The van der Waals surface area contributed by atoms with Crippen molar-refractivity contribution in [3.8, 4) is 22.8 Å². The third-order valence-corrected chi connectivity index (χ3v) is 4.90. The van der Waals surface area contributed by atoms with Crippen molar-refractivity contribution in [3.05, 3.63) is 59.2 Å². The fourth-order valence-corrected chi connectivity index (χ4v) is 3.62. The van der Waals surface area contributed by atoms with Crippen molar-refractivity contribution >= 4 is 0 Å². The largest absolute Gasteiger partial charge is 0.573 e. The molecule has 0 unspecified atom stereocenters. The highest BCUT2D eigenvalue weighted by Crippen LogP contribution is 2.35. The molecule has 0 spiro atoms. The molecule has 0 saturated carbocycles. The third-order valence-electron chi connectivity index (χ3n) is 4.90. The lowest BCUT2D eigenvalue weighted by Crippen LogP contribution is -2.17. The molecule has 11 heteroatoms. The Morgan fingerprint density at radius 1 is 1.20 bits per heavy atom. The Balaban J connectivity index is 1.64. The molecule has 8 nitrogen and oxygen atoms in total. The molecule has 4 heterocycles. The van der Waals surface area contributed by atoms with Crippen molar-refractivity contribution in [2.75, 3.05) is 0 Å². The number of H-pyrrole nitrogens is 1. The van der Waals surface area contributed by atoms with Crippen LogP contribution in [0.15, 0.2) is 30.6 Å². The summed E-state index contributed by atoms with van der Waals surface area (Å²) in [4.78, 5) is 8.97. The van der Waals surface area contributed by atoms with Gasteiger partial charge in [-0.2, -0.15) is 10.2 Å². The highest BCUT2D eigenvalue weighted by atomic mass is 19.4. The van der Waals surface area contributed by atoms with Gasteiger partial charge in [0.15, 0.2) is 11.6 Å². The van der Waals surface area contributed by atoms with E-state index in [1.54, 1.807) is 17.1 Å². The van der Waals surface area contributed by atoms with Crippen molar-refractivity contribution in [2.24, 2.45) is 0 Å². The quantitative estimate of drug-likeness (QED) is 0.489. The standard InChI is InChI=1S/C19H16F3N7O/c1-10-5-12(26-25-10)6-17-24-18-14-7-13(30-19(20,21)22)3-4-15(14)28-9-23-11(2)16(28)8-29(18)27-17/h3-5,7,9H,6,8H2,1-2H3,(H,25,26). The second-order valence-electron chi connectivity index (χ2n) is 7.09. The summed E-state index contributed by atoms with van der Waals surface area (Å²) in [5.41, 5.74) is 4.54. The molecular weight excluding hydrogens is 399 g/mol. The number of alkyl halides is 3. The molecule has 0 fully saturated rings. The fraction of sp³-hybridized carbons (Fsp3) is 0.263. The predicted molar refractivity (Wildman–Crippen MR) is 99.2 cm³/mol. The van der Waals surface area contributed by atoms with Crippen LogP contribution in [0, 0.1) is 13.8 Å². The minimum atomic E-state index is -4.78. The highest BCUT2D eigenvalue weighted by molar-refractivity contribution is 5.71. The number of ether oxygens (including phenoxy) is 1. The van der Waals surface area contributed by atoms with Crippen LogP contribution in [0.1, 0.15) is 28.6 Å². The van der Waals surface area contributed by atoms with Gasteiger partial charge in [0.1, 0.15) is 5.75 Å². The Hall–Kier alpha value is -3.63. The summed E-state index contributed by atoms with van der Waals surface area (Å²) in [7, 11) is 0. The van der Waals surface area contributed by atoms with Crippen LogP contribution < -0.4 is 4.74 Å². The Labute approximate surface area is 168 Å². The number of hydrogen-bond acceptors (Lipinski definition) is 5. The monoisotopic (exact) mass is 415 g/mol. The first kappa shape index (κ1) is 18.4. The Morgan fingerprint density at radius 3 is 2.77 bits per heavy atom. The van der Waals surface area contributed by atoms with Crippen LogP contribution in [0.4, 0.5) is 13.2 Å². The van der Waals surface area contributed by atoms with Crippen LogP contribution in [0.25, 0.3) is 17.1 Å². The number of hydrogen-bond donors (Lipinski definition) is 1. The van der Waals surface area contributed by atoms with Gasteiger partial charge >= 0.3 is 6.36 Å². The van der Waals surface area contributed by atoms with E-state index < -0.39 is 6.36 Å². The first-order chi connectivity index (χ1) is 14.3. The second-order valence-corrected chi connectivity index (χ2v) is 7.09. The zero-order valence-corrected chi connectivity index (χ0v) is 16.0. The Morgan fingerprint density at radius 2 is 2.03 bits per heavy atom. The number of fused-ring (bicyclic) bond motifs is 5. The number of aromatic nitrogens is 7. The molecule has 1 N–H and O–H groups in total. The van der Waals surface area contributed by atoms with Crippen LogP contribution in [0.3, 0.4) is 0 Å². The number of halogens is 3. The molecule has 0 bridgehead atoms. The highest BCUT2D eigenvalue weighted by Gasteiger charge is 2.32.